The van der Waals surface area contributed by atoms with Crippen LogP contribution in [0.3, 0.4) is 0 Å². The Balaban J connectivity index is 1.45. The largest absolute Gasteiger partial charge is 0.464 e. The minimum atomic E-state index is -0.366. The first-order valence-electron chi connectivity index (χ1n) is 11.2. The molecule has 0 saturated carbocycles. The number of nitrogens with zero attached hydrogens (tertiary/aromatic N) is 3. The average molecular weight is 460 g/mol. The molecule has 1 aliphatic rings. The Morgan fingerprint density at radius 3 is 2.59 bits per heavy atom. The molecule has 0 radical (unpaired) electrons. The number of rotatable bonds is 12. The average Bonchev–Trinajstić information content (AvgIpc) is 3.21. The lowest BCUT2D eigenvalue weighted by molar-refractivity contribution is -0.930. The number of quaternary nitrogens is 1. The zero-order valence-electron chi connectivity index (χ0n) is 19.1. The lowest BCUT2D eigenvalue weighted by atomic mass is 9.90. The van der Waals surface area contributed by atoms with Crippen LogP contribution < -0.4 is 5.43 Å². The summed E-state index contributed by atoms with van der Waals surface area (Å²) in [6.07, 6.45) is 6.00. The number of benzene rings is 1. The van der Waals surface area contributed by atoms with Gasteiger partial charge in [0.2, 0.25) is 0 Å². The van der Waals surface area contributed by atoms with Crippen molar-refractivity contribution in [2.75, 3.05) is 39.5 Å². The summed E-state index contributed by atoms with van der Waals surface area (Å²) in [4.78, 5) is 12.7. The number of piperidine rings is 1. The second-order valence-electron chi connectivity index (χ2n) is 8.76. The highest BCUT2D eigenvalue weighted by atomic mass is 32.2. The van der Waals surface area contributed by atoms with Crippen molar-refractivity contribution in [3.63, 3.8) is 0 Å². The van der Waals surface area contributed by atoms with Gasteiger partial charge in [-0.05, 0) is 44.1 Å². The van der Waals surface area contributed by atoms with Crippen molar-refractivity contribution < 1.29 is 13.9 Å². The molecule has 1 N–H and O–H groups in total. The number of nitro groups is 1. The third-order valence-electron chi connectivity index (χ3n) is 5.82. The summed E-state index contributed by atoms with van der Waals surface area (Å²) in [7, 11) is 4.05. The maximum atomic E-state index is 11.0. The van der Waals surface area contributed by atoms with Crippen LogP contribution in [0.15, 0.2) is 59.3 Å². The van der Waals surface area contributed by atoms with Crippen molar-refractivity contribution >= 4 is 11.8 Å². The molecule has 2 heterocycles. The van der Waals surface area contributed by atoms with Crippen LogP contribution in [-0.2, 0) is 18.7 Å². The van der Waals surface area contributed by atoms with Gasteiger partial charge in [-0.3, -0.25) is 10.1 Å². The fraction of sp³-hybridized carbons (Fsp3) is 0.500. The van der Waals surface area contributed by atoms with E-state index in [1.165, 1.54) is 5.56 Å². The maximum absolute atomic E-state index is 11.0. The van der Waals surface area contributed by atoms with Gasteiger partial charge in [0.25, 0.3) is 6.20 Å². The standard InChI is InChI=1S/C24H35N4O3S/c1-26(2)19-23-8-9-24(31-23)20-32-17-12-25-28(16-13-27(29)30)14-10-22(11-15-28)18-21-6-4-3-5-7-21/h3-9,13,16,22,25H,10-12,14-15,17-20H2,1-2H3/q+1. The summed E-state index contributed by atoms with van der Waals surface area (Å²) in [5.74, 6) is 4.35. The van der Waals surface area contributed by atoms with Gasteiger partial charge in [0.15, 0.2) is 6.20 Å². The summed E-state index contributed by atoms with van der Waals surface area (Å²) in [6.45, 7) is 3.35. The number of nitrogens with one attached hydrogen (secondary N) is 1. The van der Waals surface area contributed by atoms with Gasteiger partial charge < -0.3 is 9.32 Å². The maximum Gasteiger partial charge on any atom is 0.288 e. The number of furan rings is 1. The lowest BCUT2D eigenvalue weighted by Gasteiger charge is -2.39. The van der Waals surface area contributed by atoms with Crippen LogP contribution in [0.25, 0.3) is 0 Å². The van der Waals surface area contributed by atoms with E-state index in [9.17, 15) is 10.1 Å². The van der Waals surface area contributed by atoms with Crippen molar-refractivity contribution in [2.45, 2.75) is 31.6 Å². The van der Waals surface area contributed by atoms with Gasteiger partial charge in [0.1, 0.15) is 24.6 Å². The Hall–Kier alpha value is -2.13. The van der Waals surface area contributed by atoms with Gasteiger partial charge in [0.05, 0.1) is 23.8 Å². The Bertz CT molecular complexity index is 861. The predicted octanol–water partition coefficient (Wildman–Crippen LogP) is 4.30. The number of thioether (sulfide) groups is 1. The Morgan fingerprint density at radius 2 is 1.91 bits per heavy atom. The molecule has 0 spiro atoms. The quantitative estimate of drug-likeness (QED) is 0.221. The SMILES string of the molecule is CN(C)Cc1ccc(CSCCN[N+]2(C=C[N+](=O)[O-])CCC(Cc3ccccc3)CC2)o1. The summed E-state index contributed by atoms with van der Waals surface area (Å²) < 4.78 is 6.35. The van der Waals surface area contributed by atoms with Crippen molar-refractivity contribution in [2.24, 2.45) is 5.92 Å². The first kappa shape index (κ1) is 24.5. The van der Waals surface area contributed by atoms with Gasteiger partial charge in [-0.1, -0.05) is 30.3 Å². The van der Waals surface area contributed by atoms with Crippen molar-refractivity contribution in [3.05, 3.63) is 82.1 Å². The van der Waals surface area contributed by atoms with Crippen LogP contribution in [0.4, 0.5) is 0 Å². The lowest BCUT2D eigenvalue weighted by Crippen LogP contribution is -2.58. The fourth-order valence-electron chi connectivity index (χ4n) is 4.19. The summed E-state index contributed by atoms with van der Waals surface area (Å²) >= 11 is 1.81. The number of likely N-dealkylation sites (tertiary alicyclic amines) is 1. The molecule has 2 aromatic rings. The van der Waals surface area contributed by atoms with E-state index in [0.717, 1.165) is 74.7 Å². The molecular formula is C24H35N4O3S+. The molecule has 7 nitrogen and oxygen atoms in total. The number of hydrogen-bond donors (Lipinski definition) is 1. The molecule has 8 heteroatoms. The van der Waals surface area contributed by atoms with E-state index in [-0.39, 0.29) is 4.92 Å². The third kappa shape index (κ3) is 8.09. The smallest absolute Gasteiger partial charge is 0.288 e. The van der Waals surface area contributed by atoms with Gasteiger partial charge in [-0.2, -0.15) is 17.2 Å². The summed E-state index contributed by atoms with van der Waals surface area (Å²) in [5, 5.41) is 11.0. The third-order valence-corrected chi connectivity index (χ3v) is 6.80. The van der Waals surface area contributed by atoms with Crippen LogP contribution in [0.2, 0.25) is 0 Å². The van der Waals surface area contributed by atoms with Crippen LogP contribution in [0.1, 0.15) is 29.9 Å². The molecule has 0 atom stereocenters. The topological polar surface area (TPSA) is 71.5 Å². The zero-order chi connectivity index (χ0) is 22.8. The molecule has 32 heavy (non-hydrogen) atoms. The van der Waals surface area contributed by atoms with E-state index in [1.54, 1.807) is 6.20 Å². The Morgan fingerprint density at radius 1 is 1.19 bits per heavy atom. The first-order chi connectivity index (χ1) is 15.4. The second-order valence-corrected chi connectivity index (χ2v) is 9.87. The minimum absolute atomic E-state index is 0.366. The van der Waals surface area contributed by atoms with Gasteiger partial charge >= 0.3 is 0 Å². The normalized spacial score (nSPS) is 21.4. The Labute approximate surface area is 195 Å². The van der Waals surface area contributed by atoms with Gasteiger partial charge in [-0.15, -0.1) is 0 Å². The summed E-state index contributed by atoms with van der Waals surface area (Å²) in [6, 6.07) is 14.7. The number of hydrogen-bond acceptors (Lipinski definition) is 6. The molecule has 3 rings (SSSR count). The van der Waals surface area contributed by atoms with Crippen LogP contribution in [0.5, 0.6) is 0 Å². The van der Waals surface area contributed by atoms with E-state index in [2.05, 4.69) is 34.6 Å². The van der Waals surface area contributed by atoms with Crippen LogP contribution >= 0.6 is 11.8 Å². The monoisotopic (exact) mass is 459 g/mol. The van der Waals surface area contributed by atoms with E-state index >= 15 is 0 Å². The van der Waals surface area contributed by atoms with E-state index < -0.39 is 0 Å². The zero-order valence-corrected chi connectivity index (χ0v) is 19.9. The molecule has 1 fully saturated rings. The van der Waals surface area contributed by atoms with E-state index in [1.807, 2.05) is 44.1 Å². The Kier molecular flexibility index (Phi) is 9.35. The van der Waals surface area contributed by atoms with Gasteiger partial charge in [-0.25, -0.2) is 4.59 Å². The predicted molar refractivity (Wildman–Crippen MR) is 129 cm³/mol. The molecule has 0 bridgehead atoms. The molecule has 1 aromatic carbocycles. The highest BCUT2D eigenvalue weighted by Crippen LogP contribution is 2.26. The van der Waals surface area contributed by atoms with Crippen molar-refractivity contribution in [1.29, 1.82) is 0 Å². The van der Waals surface area contributed by atoms with E-state index in [0.29, 0.717) is 10.5 Å². The first-order valence-corrected chi connectivity index (χ1v) is 12.4. The van der Waals surface area contributed by atoms with Gasteiger partial charge in [0, 0.05) is 18.6 Å². The van der Waals surface area contributed by atoms with Crippen molar-refractivity contribution in [1.82, 2.24) is 10.3 Å². The highest BCUT2D eigenvalue weighted by Gasteiger charge is 2.33. The van der Waals surface area contributed by atoms with E-state index in [4.69, 9.17) is 4.42 Å². The molecular weight excluding hydrogens is 424 g/mol. The molecule has 1 saturated heterocycles. The highest BCUT2D eigenvalue weighted by molar-refractivity contribution is 7.98. The summed E-state index contributed by atoms with van der Waals surface area (Å²) in [5.41, 5.74) is 4.95. The molecule has 0 aliphatic carbocycles. The fourth-order valence-corrected chi connectivity index (χ4v) is 4.92. The molecule has 1 aromatic heterocycles. The minimum Gasteiger partial charge on any atom is -0.464 e. The second kappa shape index (κ2) is 12.2. The van der Waals surface area contributed by atoms with Crippen molar-refractivity contribution in [3.8, 4) is 0 Å². The molecule has 0 unspecified atom stereocenters. The van der Waals surface area contributed by atoms with Crippen LogP contribution in [0, 0.1) is 16.0 Å². The van der Waals surface area contributed by atoms with Crippen LogP contribution in [-0.4, -0.2) is 53.9 Å². The molecule has 0 amide bonds. The molecule has 174 valence electrons. The molecule has 1 aliphatic heterocycles.